The number of aromatic nitrogens is 6. The molecule has 0 fully saturated rings. The molecule has 10 rings (SSSR count). The molecule has 0 aliphatic carbocycles. The molecule has 8 aromatic carbocycles. The minimum absolute atomic E-state index is 0.547. The summed E-state index contributed by atoms with van der Waals surface area (Å²) in [5, 5.41) is 11.7. The van der Waals surface area contributed by atoms with E-state index in [0.29, 0.717) is 40.5 Å². The summed E-state index contributed by atoms with van der Waals surface area (Å²) in [7, 11) is 0. The van der Waals surface area contributed by atoms with Crippen LogP contribution in [0.15, 0.2) is 200 Å². The molecular formula is C53H33N7. The number of nitrogens with zero attached hydrogens (tertiary/aromatic N) is 7. The highest BCUT2D eigenvalue weighted by Gasteiger charge is 2.18. The monoisotopic (exact) mass is 767 g/mol. The molecule has 2 heterocycles. The Morgan fingerprint density at radius 2 is 0.633 bits per heavy atom. The van der Waals surface area contributed by atoms with Crippen LogP contribution < -0.4 is 0 Å². The van der Waals surface area contributed by atoms with Crippen LogP contribution in [0.3, 0.4) is 0 Å². The molecule has 0 saturated carbocycles. The van der Waals surface area contributed by atoms with Gasteiger partial charge in [0.2, 0.25) is 0 Å². The van der Waals surface area contributed by atoms with E-state index >= 15 is 0 Å². The third kappa shape index (κ3) is 7.06. The van der Waals surface area contributed by atoms with E-state index in [-0.39, 0.29) is 0 Å². The van der Waals surface area contributed by atoms with Crippen LogP contribution in [0.2, 0.25) is 0 Å². The first-order valence-corrected chi connectivity index (χ1v) is 19.6. The Morgan fingerprint density at radius 1 is 0.267 bits per heavy atom. The second-order valence-electron chi connectivity index (χ2n) is 14.2. The van der Waals surface area contributed by atoms with Crippen LogP contribution in [-0.2, 0) is 0 Å². The average molecular weight is 768 g/mol. The first kappa shape index (κ1) is 35.9. The van der Waals surface area contributed by atoms with Gasteiger partial charge >= 0.3 is 0 Å². The minimum Gasteiger partial charge on any atom is -0.208 e. The van der Waals surface area contributed by atoms with E-state index in [0.717, 1.165) is 66.4 Å². The molecule has 0 spiro atoms. The molecule has 0 unspecified atom stereocenters. The first-order valence-electron chi connectivity index (χ1n) is 19.6. The van der Waals surface area contributed by atoms with Crippen molar-refractivity contribution in [2.45, 2.75) is 0 Å². The summed E-state index contributed by atoms with van der Waals surface area (Å²) in [6, 6.07) is 68.9. The van der Waals surface area contributed by atoms with Gasteiger partial charge in [0.05, 0.1) is 11.6 Å². The second-order valence-corrected chi connectivity index (χ2v) is 14.2. The van der Waals surface area contributed by atoms with E-state index < -0.39 is 0 Å². The summed E-state index contributed by atoms with van der Waals surface area (Å²) in [5.41, 5.74) is 9.86. The van der Waals surface area contributed by atoms with E-state index in [1.807, 2.05) is 158 Å². The van der Waals surface area contributed by atoms with Gasteiger partial charge in [-0.15, -0.1) is 0 Å². The predicted molar refractivity (Wildman–Crippen MR) is 239 cm³/mol. The Balaban J connectivity index is 1.09. The van der Waals surface area contributed by atoms with E-state index in [2.05, 4.69) is 48.5 Å². The van der Waals surface area contributed by atoms with Crippen LogP contribution >= 0.6 is 0 Å². The van der Waals surface area contributed by atoms with Gasteiger partial charge in [-0.3, -0.25) is 0 Å². The number of hydrogen-bond donors (Lipinski definition) is 0. The molecule has 60 heavy (non-hydrogen) atoms. The lowest BCUT2D eigenvalue weighted by Crippen LogP contribution is -2.01. The Bertz CT molecular complexity index is 3160. The lowest BCUT2D eigenvalue weighted by atomic mass is 9.94. The van der Waals surface area contributed by atoms with Crippen molar-refractivity contribution >= 4 is 10.8 Å². The molecule has 0 saturated heterocycles. The Morgan fingerprint density at radius 3 is 1.13 bits per heavy atom. The Labute approximate surface area is 347 Å². The predicted octanol–water partition coefficient (Wildman–Crippen LogP) is 12.4. The van der Waals surface area contributed by atoms with Crippen LogP contribution in [0.4, 0.5) is 0 Å². The maximum Gasteiger partial charge on any atom is 0.164 e. The highest BCUT2D eigenvalue weighted by Crippen LogP contribution is 2.36. The third-order valence-corrected chi connectivity index (χ3v) is 10.4. The lowest BCUT2D eigenvalue weighted by molar-refractivity contribution is 1.07. The molecule has 0 atom stereocenters. The Hall–Kier alpha value is -8.47. The first-order chi connectivity index (χ1) is 29.7. The summed E-state index contributed by atoms with van der Waals surface area (Å²) in [6.45, 7) is 0. The standard InChI is InChI=1S/C53H33N7/c54-34-42-30-31-45(46-28-12-10-27-44(42)46)39-23-15-25-41(33-39)52-57-48(35-16-4-1-5-17-35)56-51(58-52)40-24-14-22-38(32-40)43-26-11-13-29-47(43)53-59-49(36-18-6-2-7-19-36)55-50(60-53)37-20-8-3-9-21-37/h1-33H. The van der Waals surface area contributed by atoms with Gasteiger partial charge < -0.3 is 0 Å². The fraction of sp³-hybridized carbons (Fsp3) is 0. The van der Waals surface area contributed by atoms with Gasteiger partial charge in [-0.2, -0.15) is 5.26 Å². The van der Waals surface area contributed by atoms with Gasteiger partial charge in [0, 0.05) is 38.8 Å². The SMILES string of the molecule is N#Cc1ccc(-c2cccc(-c3nc(-c4ccccc4)nc(-c4cccc(-c5ccccc5-c5nc(-c6ccccc6)nc(-c6ccccc6)n5)c4)n3)c2)c2ccccc12. The van der Waals surface area contributed by atoms with E-state index in [1.165, 1.54) is 0 Å². The van der Waals surface area contributed by atoms with Gasteiger partial charge in [-0.05, 0) is 45.8 Å². The van der Waals surface area contributed by atoms with Crippen molar-refractivity contribution in [1.82, 2.24) is 29.9 Å². The zero-order valence-electron chi connectivity index (χ0n) is 32.2. The number of rotatable bonds is 8. The number of benzene rings is 8. The van der Waals surface area contributed by atoms with Gasteiger partial charge in [-0.25, -0.2) is 29.9 Å². The zero-order valence-corrected chi connectivity index (χ0v) is 32.2. The molecule has 280 valence electrons. The van der Waals surface area contributed by atoms with Crippen molar-refractivity contribution in [3.8, 4) is 96.7 Å². The van der Waals surface area contributed by atoms with Gasteiger partial charge in [0.15, 0.2) is 34.9 Å². The highest BCUT2D eigenvalue weighted by molar-refractivity contribution is 6.00. The van der Waals surface area contributed by atoms with Crippen molar-refractivity contribution in [3.05, 3.63) is 206 Å². The summed E-state index contributed by atoms with van der Waals surface area (Å²) in [6.07, 6.45) is 0. The largest absolute Gasteiger partial charge is 0.208 e. The van der Waals surface area contributed by atoms with Crippen LogP contribution in [0.25, 0.3) is 101 Å². The maximum absolute atomic E-state index is 9.80. The summed E-state index contributed by atoms with van der Waals surface area (Å²) in [5.74, 6) is 3.45. The van der Waals surface area contributed by atoms with Crippen LogP contribution in [-0.4, -0.2) is 29.9 Å². The Kier molecular flexibility index (Phi) is 9.47. The molecule has 2 aromatic heterocycles. The highest BCUT2D eigenvalue weighted by atomic mass is 15.0. The quantitative estimate of drug-likeness (QED) is 0.152. The summed E-state index contributed by atoms with van der Waals surface area (Å²) < 4.78 is 0. The number of fused-ring (bicyclic) bond motifs is 1. The second kappa shape index (κ2) is 15.8. The van der Waals surface area contributed by atoms with Crippen LogP contribution in [0.5, 0.6) is 0 Å². The molecule has 0 aliphatic heterocycles. The van der Waals surface area contributed by atoms with Crippen molar-refractivity contribution in [2.75, 3.05) is 0 Å². The fourth-order valence-electron chi connectivity index (χ4n) is 7.51. The molecule has 7 heteroatoms. The van der Waals surface area contributed by atoms with Gasteiger partial charge in [0.25, 0.3) is 0 Å². The molecule has 0 N–H and O–H groups in total. The fourth-order valence-corrected chi connectivity index (χ4v) is 7.51. The van der Waals surface area contributed by atoms with Crippen molar-refractivity contribution < 1.29 is 0 Å². The lowest BCUT2D eigenvalue weighted by Gasteiger charge is -2.13. The van der Waals surface area contributed by atoms with Gasteiger partial charge in [-0.1, -0.05) is 182 Å². The topological polar surface area (TPSA) is 101 Å². The maximum atomic E-state index is 9.80. The van der Waals surface area contributed by atoms with Crippen molar-refractivity contribution in [1.29, 1.82) is 5.26 Å². The molecule has 0 radical (unpaired) electrons. The van der Waals surface area contributed by atoms with E-state index in [9.17, 15) is 5.26 Å². The van der Waals surface area contributed by atoms with Crippen LogP contribution in [0, 0.1) is 11.3 Å². The molecule has 7 nitrogen and oxygen atoms in total. The van der Waals surface area contributed by atoms with Gasteiger partial charge in [0.1, 0.15) is 0 Å². The van der Waals surface area contributed by atoms with E-state index in [4.69, 9.17) is 29.9 Å². The molecule has 0 aliphatic rings. The molecule has 0 bridgehead atoms. The zero-order chi connectivity index (χ0) is 40.3. The van der Waals surface area contributed by atoms with Crippen molar-refractivity contribution in [3.63, 3.8) is 0 Å². The van der Waals surface area contributed by atoms with E-state index in [1.54, 1.807) is 0 Å². The molecule has 10 aromatic rings. The number of nitriles is 1. The van der Waals surface area contributed by atoms with Crippen LogP contribution in [0.1, 0.15) is 5.56 Å². The molecule has 0 amide bonds. The normalized spacial score (nSPS) is 11.0. The third-order valence-electron chi connectivity index (χ3n) is 10.4. The number of hydrogen-bond acceptors (Lipinski definition) is 7. The summed E-state index contributed by atoms with van der Waals surface area (Å²) in [4.78, 5) is 30.2. The minimum atomic E-state index is 0.547. The summed E-state index contributed by atoms with van der Waals surface area (Å²) >= 11 is 0. The molecular weight excluding hydrogens is 735 g/mol. The average Bonchev–Trinajstić information content (AvgIpc) is 3.34. The van der Waals surface area contributed by atoms with Crippen molar-refractivity contribution in [2.24, 2.45) is 0 Å². The smallest absolute Gasteiger partial charge is 0.164 e.